The van der Waals surface area contributed by atoms with Gasteiger partial charge in [-0.25, -0.2) is 0 Å². The van der Waals surface area contributed by atoms with Crippen LogP contribution in [0.2, 0.25) is 0 Å². The predicted molar refractivity (Wildman–Crippen MR) is 139 cm³/mol. The highest BCUT2D eigenvalue weighted by atomic mass is 32.1. The van der Waals surface area contributed by atoms with Crippen LogP contribution in [0.4, 0.5) is 5.69 Å². The Labute approximate surface area is 210 Å². The predicted octanol–water partition coefficient (Wildman–Crippen LogP) is 5.34. The van der Waals surface area contributed by atoms with Crippen LogP contribution < -0.4 is 19.7 Å². The molecule has 5 rings (SSSR count). The van der Waals surface area contributed by atoms with Crippen LogP contribution in [-0.4, -0.2) is 28.9 Å². The van der Waals surface area contributed by atoms with Crippen LogP contribution in [0.5, 0.6) is 11.5 Å². The van der Waals surface area contributed by atoms with E-state index in [-0.39, 0.29) is 12.1 Å². The first-order valence-electron chi connectivity index (χ1n) is 11.4. The number of hydrogen-bond donors (Lipinski definition) is 1. The lowest BCUT2D eigenvalue weighted by molar-refractivity contribution is 0.403. The van der Waals surface area contributed by atoms with E-state index < -0.39 is 0 Å². The van der Waals surface area contributed by atoms with E-state index in [9.17, 15) is 0 Å². The van der Waals surface area contributed by atoms with Gasteiger partial charge in [0.25, 0.3) is 0 Å². The Balaban J connectivity index is 1.67. The van der Waals surface area contributed by atoms with Gasteiger partial charge < -0.3 is 28.7 Å². The fourth-order valence-corrected chi connectivity index (χ4v) is 5.18. The smallest absolute Gasteiger partial charge is 0.174 e. The van der Waals surface area contributed by atoms with Gasteiger partial charge in [-0.1, -0.05) is 6.07 Å². The number of aryl methyl sites for hydroxylation is 1. The monoisotopic (exact) mass is 488 g/mol. The number of thiocarbonyl (C=S) groups is 1. The van der Waals surface area contributed by atoms with E-state index in [1.165, 1.54) is 0 Å². The molecule has 0 amide bonds. The molecule has 3 aromatic heterocycles. The average Bonchev–Trinajstić information content (AvgIpc) is 3.59. The van der Waals surface area contributed by atoms with Gasteiger partial charge in [0.05, 0.1) is 50.5 Å². The van der Waals surface area contributed by atoms with Crippen LogP contribution in [0.1, 0.15) is 40.5 Å². The van der Waals surface area contributed by atoms with Gasteiger partial charge in [-0.3, -0.25) is 4.98 Å². The van der Waals surface area contributed by atoms with E-state index in [1.807, 2.05) is 54.7 Å². The lowest BCUT2D eigenvalue weighted by Gasteiger charge is -2.29. The SMILES string of the molecule is COc1ccc(OC)c(N2C(=S)N[C@@H](c3ccccn3)[C@@H]2c2cc(C)n(Cc3ccco3)c2C)c1. The number of anilines is 1. The number of furan rings is 1. The van der Waals surface area contributed by atoms with Crippen LogP contribution in [0.3, 0.4) is 0 Å². The van der Waals surface area contributed by atoms with Gasteiger partial charge in [0, 0.05) is 23.7 Å². The van der Waals surface area contributed by atoms with Crippen molar-refractivity contribution in [2.45, 2.75) is 32.5 Å². The van der Waals surface area contributed by atoms with Crippen molar-refractivity contribution in [3.05, 3.63) is 95.5 Å². The molecule has 35 heavy (non-hydrogen) atoms. The lowest BCUT2D eigenvalue weighted by Crippen LogP contribution is -2.30. The zero-order valence-electron chi connectivity index (χ0n) is 20.2. The normalized spacial score (nSPS) is 17.5. The van der Waals surface area contributed by atoms with Gasteiger partial charge in [0.1, 0.15) is 17.3 Å². The molecular weight excluding hydrogens is 460 g/mol. The second kappa shape index (κ2) is 9.46. The number of nitrogens with one attached hydrogen (secondary N) is 1. The summed E-state index contributed by atoms with van der Waals surface area (Å²) in [7, 11) is 3.32. The highest BCUT2D eigenvalue weighted by Crippen LogP contribution is 2.46. The van der Waals surface area contributed by atoms with Gasteiger partial charge >= 0.3 is 0 Å². The summed E-state index contributed by atoms with van der Waals surface area (Å²) in [5, 5.41) is 4.13. The summed E-state index contributed by atoms with van der Waals surface area (Å²) in [6, 6.07) is 17.5. The Morgan fingerprint density at radius 3 is 2.60 bits per heavy atom. The maximum Gasteiger partial charge on any atom is 0.174 e. The molecule has 7 nitrogen and oxygen atoms in total. The average molecular weight is 489 g/mol. The standard InChI is InChI=1S/C27H28N4O3S/c1-17-14-21(18(2)30(17)16-20-8-7-13-34-20)26-25(22-9-5-6-12-28-22)29-27(35)31(26)23-15-19(32-3)10-11-24(23)33-4/h5-15,25-26H,16H2,1-4H3,(H,29,35)/t25-,26-/m0/s1. The molecule has 0 bridgehead atoms. The molecule has 0 aliphatic carbocycles. The van der Waals surface area contributed by atoms with Crippen LogP contribution >= 0.6 is 12.2 Å². The van der Waals surface area contributed by atoms with Crippen molar-refractivity contribution in [2.24, 2.45) is 0 Å². The van der Waals surface area contributed by atoms with Crippen molar-refractivity contribution in [3.63, 3.8) is 0 Å². The number of methoxy groups -OCH3 is 2. The summed E-state index contributed by atoms with van der Waals surface area (Å²) >= 11 is 5.91. The molecule has 1 aromatic carbocycles. The van der Waals surface area contributed by atoms with Crippen molar-refractivity contribution in [2.75, 3.05) is 19.1 Å². The van der Waals surface area contributed by atoms with E-state index in [0.29, 0.717) is 17.4 Å². The lowest BCUT2D eigenvalue weighted by atomic mass is 9.96. The second-order valence-electron chi connectivity index (χ2n) is 8.53. The fraction of sp³-hybridized carbons (Fsp3) is 0.259. The van der Waals surface area contributed by atoms with Crippen molar-refractivity contribution >= 4 is 23.0 Å². The van der Waals surface area contributed by atoms with Gasteiger partial charge in [0.2, 0.25) is 0 Å². The van der Waals surface area contributed by atoms with Gasteiger partial charge in [-0.2, -0.15) is 0 Å². The molecule has 180 valence electrons. The minimum absolute atomic E-state index is 0.155. The van der Waals surface area contributed by atoms with Gasteiger partial charge in [-0.05, 0) is 74.1 Å². The summed E-state index contributed by atoms with van der Waals surface area (Å²) in [5.74, 6) is 2.35. The summed E-state index contributed by atoms with van der Waals surface area (Å²) in [6.07, 6.45) is 3.52. The largest absolute Gasteiger partial charge is 0.497 e. The molecule has 0 radical (unpaired) electrons. The molecule has 4 heterocycles. The van der Waals surface area contributed by atoms with Crippen molar-refractivity contribution in [1.29, 1.82) is 0 Å². The first kappa shape index (κ1) is 23.0. The summed E-state index contributed by atoms with van der Waals surface area (Å²) < 4.78 is 19.2. The molecule has 1 N–H and O–H groups in total. The fourth-order valence-electron chi connectivity index (χ4n) is 4.84. The Morgan fingerprint density at radius 2 is 1.91 bits per heavy atom. The molecule has 1 fully saturated rings. The number of hydrogen-bond acceptors (Lipinski definition) is 5. The molecule has 1 saturated heterocycles. The zero-order valence-corrected chi connectivity index (χ0v) is 21.0. The van der Waals surface area contributed by atoms with Crippen LogP contribution in [-0.2, 0) is 6.54 Å². The number of nitrogens with zero attached hydrogens (tertiary/aromatic N) is 3. The molecule has 2 atom stereocenters. The van der Waals surface area contributed by atoms with E-state index in [2.05, 4.69) is 39.7 Å². The quantitative estimate of drug-likeness (QED) is 0.353. The van der Waals surface area contributed by atoms with Crippen LogP contribution in [0.15, 0.2) is 71.5 Å². The Bertz CT molecular complexity index is 1330. The first-order chi connectivity index (χ1) is 17.0. The summed E-state index contributed by atoms with van der Waals surface area (Å²) in [4.78, 5) is 6.79. The maximum atomic E-state index is 5.91. The molecule has 0 spiro atoms. The molecule has 8 heteroatoms. The number of rotatable bonds is 7. The zero-order chi connectivity index (χ0) is 24.5. The van der Waals surface area contributed by atoms with E-state index in [0.717, 1.165) is 39.8 Å². The van der Waals surface area contributed by atoms with Gasteiger partial charge in [-0.15, -0.1) is 0 Å². The van der Waals surface area contributed by atoms with Crippen molar-refractivity contribution in [1.82, 2.24) is 14.9 Å². The maximum absolute atomic E-state index is 5.91. The molecule has 0 saturated carbocycles. The van der Waals surface area contributed by atoms with Crippen molar-refractivity contribution < 1.29 is 13.9 Å². The summed E-state index contributed by atoms with van der Waals surface area (Å²) in [5.41, 5.74) is 5.19. The van der Waals surface area contributed by atoms with E-state index in [1.54, 1.807) is 20.5 Å². The molecule has 4 aromatic rings. The number of pyridine rings is 1. The van der Waals surface area contributed by atoms with E-state index in [4.69, 9.17) is 26.1 Å². The minimum Gasteiger partial charge on any atom is -0.497 e. The Morgan fingerprint density at radius 1 is 1.06 bits per heavy atom. The molecule has 0 unspecified atom stereocenters. The third kappa shape index (κ3) is 4.14. The summed E-state index contributed by atoms with van der Waals surface area (Å²) in [6.45, 7) is 4.92. The first-order valence-corrected chi connectivity index (χ1v) is 11.8. The van der Waals surface area contributed by atoms with E-state index >= 15 is 0 Å². The topological polar surface area (TPSA) is 64.7 Å². The third-order valence-electron chi connectivity index (χ3n) is 6.57. The molecule has 1 aliphatic heterocycles. The Kier molecular flexibility index (Phi) is 6.21. The second-order valence-corrected chi connectivity index (χ2v) is 8.91. The number of ether oxygens (including phenoxy) is 2. The molecule has 1 aliphatic rings. The highest BCUT2D eigenvalue weighted by molar-refractivity contribution is 7.80. The van der Waals surface area contributed by atoms with Crippen LogP contribution in [0, 0.1) is 13.8 Å². The number of aromatic nitrogens is 2. The number of benzene rings is 1. The molecular formula is C27H28N4O3S. The van der Waals surface area contributed by atoms with Gasteiger partial charge in [0.15, 0.2) is 5.11 Å². The van der Waals surface area contributed by atoms with Crippen molar-refractivity contribution in [3.8, 4) is 11.5 Å². The minimum atomic E-state index is -0.157. The van der Waals surface area contributed by atoms with Crippen LogP contribution in [0.25, 0.3) is 0 Å². The Hall–Kier alpha value is -3.78. The third-order valence-corrected chi connectivity index (χ3v) is 6.88. The highest BCUT2D eigenvalue weighted by Gasteiger charge is 2.43.